The zero-order chi connectivity index (χ0) is 14.5. The van der Waals surface area contributed by atoms with E-state index in [0.29, 0.717) is 5.56 Å². The van der Waals surface area contributed by atoms with Crippen LogP contribution in [0, 0.1) is 17.7 Å². The van der Waals surface area contributed by atoms with Crippen molar-refractivity contribution < 1.29 is 14.3 Å². The van der Waals surface area contributed by atoms with Crippen molar-refractivity contribution in [3.8, 4) is 11.8 Å². The van der Waals surface area contributed by atoms with Gasteiger partial charge in [0.25, 0.3) is 5.91 Å². The van der Waals surface area contributed by atoms with Crippen LogP contribution in [0.5, 0.6) is 0 Å². The standard InChI is InChI=1S/C13H11FN4O2/c1-18-13(15-8-16-18)17-12(20)10-7-9(3-2-6-19)4-5-11(10)14/h4-5,7-8,19H,6H2,1H3,(H,15,16,17,20). The third kappa shape index (κ3) is 2.99. The van der Waals surface area contributed by atoms with Gasteiger partial charge in [-0.25, -0.2) is 9.07 Å². The summed E-state index contributed by atoms with van der Waals surface area (Å²) in [6.45, 7) is -0.308. The van der Waals surface area contributed by atoms with E-state index in [0.717, 1.165) is 6.07 Å². The predicted octanol–water partition coefficient (Wildman–Crippen LogP) is 0.550. The van der Waals surface area contributed by atoms with Crippen molar-refractivity contribution in [3.63, 3.8) is 0 Å². The molecule has 1 amide bonds. The normalized spacial score (nSPS) is 9.75. The van der Waals surface area contributed by atoms with Crippen LogP contribution in [-0.2, 0) is 7.05 Å². The van der Waals surface area contributed by atoms with E-state index in [1.54, 1.807) is 7.05 Å². The Kier molecular flexibility index (Phi) is 4.08. The van der Waals surface area contributed by atoms with Gasteiger partial charge in [0.1, 0.15) is 18.8 Å². The Bertz CT molecular complexity index is 700. The largest absolute Gasteiger partial charge is 0.384 e. The maximum Gasteiger partial charge on any atom is 0.261 e. The second-order valence-corrected chi connectivity index (χ2v) is 3.82. The van der Waals surface area contributed by atoms with Gasteiger partial charge in [-0.05, 0) is 18.2 Å². The molecule has 0 aliphatic rings. The summed E-state index contributed by atoms with van der Waals surface area (Å²) >= 11 is 0. The number of carbonyl (C=O) groups excluding carboxylic acids is 1. The number of aliphatic hydroxyl groups excluding tert-OH is 1. The first-order valence-electron chi connectivity index (χ1n) is 5.66. The number of aromatic nitrogens is 3. The molecule has 2 N–H and O–H groups in total. The number of rotatable bonds is 2. The third-order valence-corrected chi connectivity index (χ3v) is 2.46. The number of hydrogen-bond donors (Lipinski definition) is 2. The first kappa shape index (κ1) is 13.7. The van der Waals surface area contributed by atoms with Crippen LogP contribution in [0.3, 0.4) is 0 Å². The lowest BCUT2D eigenvalue weighted by atomic mass is 10.1. The minimum Gasteiger partial charge on any atom is -0.384 e. The molecule has 2 aromatic rings. The maximum absolute atomic E-state index is 13.7. The quantitative estimate of drug-likeness (QED) is 0.784. The summed E-state index contributed by atoms with van der Waals surface area (Å²) < 4.78 is 15.0. The summed E-state index contributed by atoms with van der Waals surface area (Å²) in [6, 6.07) is 3.88. The number of nitrogens with one attached hydrogen (secondary N) is 1. The minimum absolute atomic E-state index is 0.155. The molecule has 1 heterocycles. The van der Waals surface area contributed by atoms with Crippen molar-refractivity contribution in [1.29, 1.82) is 0 Å². The van der Waals surface area contributed by atoms with Crippen LogP contribution in [0.25, 0.3) is 0 Å². The number of hydrogen-bond acceptors (Lipinski definition) is 4. The summed E-state index contributed by atoms with van der Waals surface area (Å²) in [7, 11) is 1.60. The molecular weight excluding hydrogens is 263 g/mol. The maximum atomic E-state index is 13.7. The molecule has 0 radical (unpaired) electrons. The Labute approximate surface area is 114 Å². The van der Waals surface area contributed by atoms with E-state index in [4.69, 9.17) is 5.11 Å². The average molecular weight is 274 g/mol. The molecule has 1 aromatic carbocycles. The van der Waals surface area contributed by atoms with Gasteiger partial charge in [0.15, 0.2) is 0 Å². The monoisotopic (exact) mass is 274 g/mol. The molecule has 0 saturated heterocycles. The molecule has 0 bridgehead atoms. The second kappa shape index (κ2) is 5.95. The third-order valence-electron chi connectivity index (χ3n) is 2.46. The Morgan fingerprint density at radius 1 is 1.55 bits per heavy atom. The summed E-state index contributed by atoms with van der Waals surface area (Å²) in [5.74, 6) is 3.93. The van der Waals surface area contributed by atoms with Gasteiger partial charge in [-0.3, -0.25) is 10.1 Å². The van der Waals surface area contributed by atoms with E-state index in [1.165, 1.54) is 23.1 Å². The zero-order valence-electron chi connectivity index (χ0n) is 10.6. The fourth-order valence-corrected chi connectivity index (χ4v) is 1.50. The molecule has 20 heavy (non-hydrogen) atoms. The number of carbonyl (C=O) groups is 1. The first-order chi connectivity index (χ1) is 9.61. The van der Waals surface area contributed by atoms with Crippen molar-refractivity contribution in [2.45, 2.75) is 0 Å². The molecule has 0 aliphatic heterocycles. The highest BCUT2D eigenvalue weighted by atomic mass is 19.1. The van der Waals surface area contributed by atoms with Crippen molar-refractivity contribution >= 4 is 11.9 Å². The van der Waals surface area contributed by atoms with Gasteiger partial charge in [-0.15, -0.1) is 0 Å². The van der Waals surface area contributed by atoms with Crippen LogP contribution in [0.4, 0.5) is 10.3 Å². The molecule has 0 aliphatic carbocycles. The van der Waals surface area contributed by atoms with E-state index < -0.39 is 11.7 Å². The van der Waals surface area contributed by atoms with Gasteiger partial charge in [-0.1, -0.05) is 11.8 Å². The summed E-state index contributed by atoms with van der Waals surface area (Å²) in [6.07, 6.45) is 1.27. The number of amides is 1. The van der Waals surface area contributed by atoms with Gasteiger partial charge in [-0.2, -0.15) is 10.1 Å². The molecule has 2 rings (SSSR count). The van der Waals surface area contributed by atoms with Crippen LogP contribution in [0.1, 0.15) is 15.9 Å². The fourth-order valence-electron chi connectivity index (χ4n) is 1.50. The second-order valence-electron chi connectivity index (χ2n) is 3.82. The molecule has 102 valence electrons. The summed E-state index contributed by atoms with van der Waals surface area (Å²) in [5.41, 5.74) is 0.279. The van der Waals surface area contributed by atoms with E-state index in [1.807, 2.05) is 0 Å². The number of halogens is 1. The number of anilines is 1. The van der Waals surface area contributed by atoms with Crippen LogP contribution in [0.15, 0.2) is 24.5 Å². The number of benzene rings is 1. The minimum atomic E-state index is -0.667. The molecule has 0 unspecified atom stereocenters. The molecule has 0 saturated carbocycles. The highest BCUT2D eigenvalue weighted by Gasteiger charge is 2.14. The van der Waals surface area contributed by atoms with Gasteiger partial charge in [0.05, 0.1) is 5.56 Å². The van der Waals surface area contributed by atoms with Crippen molar-refractivity contribution in [2.75, 3.05) is 11.9 Å². The van der Waals surface area contributed by atoms with E-state index in [-0.39, 0.29) is 18.1 Å². The van der Waals surface area contributed by atoms with Crippen LogP contribution >= 0.6 is 0 Å². The lowest BCUT2D eigenvalue weighted by Gasteiger charge is -2.05. The summed E-state index contributed by atoms with van der Waals surface area (Å²) in [4.78, 5) is 15.8. The first-order valence-corrected chi connectivity index (χ1v) is 5.66. The van der Waals surface area contributed by atoms with Crippen molar-refractivity contribution in [2.24, 2.45) is 7.05 Å². The Morgan fingerprint density at radius 2 is 2.35 bits per heavy atom. The highest BCUT2D eigenvalue weighted by molar-refractivity contribution is 6.03. The van der Waals surface area contributed by atoms with E-state index in [2.05, 4.69) is 27.2 Å². The van der Waals surface area contributed by atoms with Gasteiger partial charge >= 0.3 is 0 Å². The topological polar surface area (TPSA) is 80.0 Å². The molecule has 7 heteroatoms. The Hall–Kier alpha value is -2.72. The number of aryl methyl sites for hydroxylation is 1. The molecule has 1 aromatic heterocycles. The average Bonchev–Trinajstić information content (AvgIpc) is 2.83. The van der Waals surface area contributed by atoms with E-state index >= 15 is 0 Å². The van der Waals surface area contributed by atoms with Gasteiger partial charge in [0, 0.05) is 12.6 Å². The van der Waals surface area contributed by atoms with Crippen molar-refractivity contribution in [3.05, 3.63) is 41.5 Å². The lowest BCUT2D eigenvalue weighted by molar-refractivity contribution is 0.102. The van der Waals surface area contributed by atoms with Crippen LogP contribution in [-0.4, -0.2) is 32.4 Å². The van der Waals surface area contributed by atoms with Crippen molar-refractivity contribution in [1.82, 2.24) is 14.8 Å². The highest BCUT2D eigenvalue weighted by Crippen LogP contribution is 2.12. The van der Waals surface area contributed by atoms with Gasteiger partial charge < -0.3 is 5.11 Å². The zero-order valence-corrected chi connectivity index (χ0v) is 10.6. The molecular formula is C13H11FN4O2. The molecule has 0 spiro atoms. The molecule has 0 fully saturated rings. The SMILES string of the molecule is Cn1ncnc1NC(=O)c1cc(C#CCO)ccc1F. The predicted molar refractivity (Wildman–Crippen MR) is 69.3 cm³/mol. The van der Waals surface area contributed by atoms with E-state index in [9.17, 15) is 9.18 Å². The Balaban J connectivity index is 2.27. The summed E-state index contributed by atoms with van der Waals surface area (Å²) in [5, 5.41) is 14.9. The van der Waals surface area contributed by atoms with Gasteiger partial charge in [0.2, 0.25) is 5.95 Å². The molecule has 6 nitrogen and oxygen atoms in total. The van der Waals surface area contributed by atoms with Crippen LogP contribution in [0.2, 0.25) is 0 Å². The number of aliphatic hydroxyl groups is 1. The molecule has 0 atom stereocenters. The fraction of sp³-hybridized carbons (Fsp3) is 0.154. The lowest BCUT2D eigenvalue weighted by Crippen LogP contribution is -2.17. The number of nitrogens with zero attached hydrogens (tertiary/aromatic N) is 3. The smallest absolute Gasteiger partial charge is 0.261 e. The Morgan fingerprint density at radius 3 is 3.00 bits per heavy atom. The van der Waals surface area contributed by atoms with Crippen LogP contribution < -0.4 is 5.32 Å².